The molecule has 3 rings (SSSR count). The minimum atomic E-state index is -0.601. The van der Waals surface area contributed by atoms with Crippen molar-refractivity contribution in [1.29, 1.82) is 0 Å². The zero-order valence-electron chi connectivity index (χ0n) is 15.6. The summed E-state index contributed by atoms with van der Waals surface area (Å²) in [6.45, 7) is 3.57. The van der Waals surface area contributed by atoms with E-state index in [-0.39, 0.29) is 29.2 Å². The minimum Gasteiger partial charge on any atom is -0.493 e. The Bertz CT molecular complexity index is 956. The Kier molecular flexibility index (Phi) is 6.16. The first-order valence-corrected chi connectivity index (χ1v) is 8.95. The lowest BCUT2D eigenvalue weighted by Crippen LogP contribution is -2.09. The summed E-state index contributed by atoms with van der Waals surface area (Å²) >= 11 is 6.24. The molecule has 0 aliphatic carbocycles. The maximum absolute atomic E-state index is 12.4. The molecule has 0 bridgehead atoms. The second-order valence-electron chi connectivity index (χ2n) is 6.11. The first-order chi connectivity index (χ1) is 13.5. The fourth-order valence-electron chi connectivity index (χ4n) is 2.42. The number of ether oxygens (including phenoxy) is 3. The van der Waals surface area contributed by atoms with E-state index in [1.807, 2.05) is 44.2 Å². The van der Waals surface area contributed by atoms with Crippen LogP contribution in [0.1, 0.15) is 30.1 Å². The first-order valence-electron chi connectivity index (χ1n) is 8.57. The highest BCUT2D eigenvalue weighted by atomic mass is 35.5. The van der Waals surface area contributed by atoms with Crippen molar-refractivity contribution >= 4 is 17.6 Å². The van der Waals surface area contributed by atoms with Gasteiger partial charge < -0.3 is 18.7 Å². The quantitative estimate of drug-likeness (QED) is 0.536. The number of nitrogens with zero attached hydrogens (tertiary/aromatic N) is 2. The maximum Gasteiger partial charge on any atom is 0.338 e. The van der Waals surface area contributed by atoms with Crippen LogP contribution in [0.4, 0.5) is 0 Å². The molecule has 3 aromatic rings. The average molecular weight is 403 g/mol. The molecule has 0 saturated heterocycles. The standard InChI is InChI=1S/C20H19ClN2O5/c1-12(2)27-18-15(21)9-14(10-16(18)25-3)20(24)26-11-17-22-19(23-28-17)13-7-5-4-6-8-13/h4-10,12H,11H2,1-3H3. The van der Waals surface area contributed by atoms with Gasteiger partial charge in [-0.3, -0.25) is 0 Å². The topological polar surface area (TPSA) is 83.7 Å². The molecule has 1 aromatic heterocycles. The van der Waals surface area contributed by atoms with Gasteiger partial charge >= 0.3 is 5.97 Å². The molecule has 2 aromatic carbocycles. The molecule has 0 fully saturated rings. The van der Waals surface area contributed by atoms with E-state index in [0.29, 0.717) is 17.3 Å². The number of hydrogen-bond donors (Lipinski definition) is 0. The number of aromatic nitrogens is 2. The molecule has 0 atom stereocenters. The second kappa shape index (κ2) is 8.75. The summed E-state index contributed by atoms with van der Waals surface area (Å²) in [7, 11) is 1.47. The van der Waals surface area contributed by atoms with Crippen molar-refractivity contribution in [2.45, 2.75) is 26.6 Å². The van der Waals surface area contributed by atoms with Gasteiger partial charge in [0.25, 0.3) is 5.89 Å². The van der Waals surface area contributed by atoms with Gasteiger partial charge in [-0.05, 0) is 26.0 Å². The van der Waals surface area contributed by atoms with E-state index >= 15 is 0 Å². The monoisotopic (exact) mass is 402 g/mol. The van der Waals surface area contributed by atoms with Crippen LogP contribution in [0.2, 0.25) is 5.02 Å². The lowest BCUT2D eigenvalue weighted by atomic mass is 10.2. The van der Waals surface area contributed by atoms with Gasteiger partial charge in [-0.25, -0.2) is 4.79 Å². The van der Waals surface area contributed by atoms with E-state index in [1.54, 1.807) is 0 Å². The van der Waals surface area contributed by atoms with Crippen LogP contribution in [-0.4, -0.2) is 29.3 Å². The van der Waals surface area contributed by atoms with Crippen LogP contribution in [0.5, 0.6) is 11.5 Å². The van der Waals surface area contributed by atoms with Gasteiger partial charge in [0.2, 0.25) is 5.82 Å². The largest absolute Gasteiger partial charge is 0.493 e. The van der Waals surface area contributed by atoms with E-state index < -0.39 is 5.97 Å². The highest BCUT2D eigenvalue weighted by molar-refractivity contribution is 6.32. The molecule has 0 unspecified atom stereocenters. The number of methoxy groups -OCH3 is 1. The number of carbonyl (C=O) groups excluding carboxylic acids is 1. The fraction of sp³-hybridized carbons (Fsp3) is 0.250. The molecule has 0 radical (unpaired) electrons. The maximum atomic E-state index is 12.4. The van der Waals surface area contributed by atoms with Crippen LogP contribution in [0.3, 0.4) is 0 Å². The number of carbonyl (C=O) groups is 1. The normalized spacial score (nSPS) is 10.8. The van der Waals surface area contributed by atoms with Gasteiger partial charge in [-0.15, -0.1) is 0 Å². The third-order valence-corrected chi connectivity index (χ3v) is 3.93. The Morgan fingerprint density at radius 3 is 2.64 bits per heavy atom. The van der Waals surface area contributed by atoms with Crippen molar-refractivity contribution in [3.63, 3.8) is 0 Å². The van der Waals surface area contributed by atoms with Crippen molar-refractivity contribution in [1.82, 2.24) is 10.1 Å². The summed E-state index contributed by atoms with van der Waals surface area (Å²) in [6.07, 6.45) is -0.0967. The number of esters is 1. The number of halogens is 1. The van der Waals surface area contributed by atoms with Crippen LogP contribution in [-0.2, 0) is 11.3 Å². The van der Waals surface area contributed by atoms with Gasteiger partial charge in [0.05, 0.1) is 23.8 Å². The number of rotatable bonds is 7. The van der Waals surface area contributed by atoms with E-state index in [4.69, 9.17) is 30.3 Å². The Morgan fingerprint density at radius 1 is 1.21 bits per heavy atom. The van der Waals surface area contributed by atoms with Crippen molar-refractivity contribution < 1.29 is 23.5 Å². The molecule has 1 heterocycles. The second-order valence-corrected chi connectivity index (χ2v) is 6.52. The Labute approximate surface area is 167 Å². The zero-order valence-corrected chi connectivity index (χ0v) is 16.4. The average Bonchev–Trinajstić information content (AvgIpc) is 3.17. The van der Waals surface area contributed by atoms with E-state index in [9.17, 15) is 4.79 Å². The molecule has 0 saturated carbocycles. The Balaban J connectivity index is 1.70. The molecular formula is C20H19ClN2O5. The van der Waals surface area contributed by atoms with Crippen molar-refractivity contribution in [2.24, 2.45) is 0 Å². The predicted molar refractivity (Wildman–Crippen MR) is 103 cm³/mol. The molecule has 0 spiro atoms. The number of benzene rings is 2. The molecule has 8 heteroatoms. The van der Waals surface area contributed by atoms with Crippen LogP contribution in [0.15, 0.2) is 47.0 Å². The van der Waals surface area contributed by atoms with Crippen molar-refractivity contribution in [3.8, 4) is 22.9 Å². The van der Waals surface area contributed by atoms with Gasteiger partial charge in [0.15, 0.2) is 18.1 Å². The molecule has 28 heavy (non-hydrogen) atoms. The lowest BCUT2D eigenvalue weighted by Gasteiger charge is -2.16. The summed E-state index contributed by atoms with van der Waals surface area (Å²) in [5, 5.41) is 4.14. The molecule has 0 aliphatic rings. The summed E-state index contributed by atoms with van der Waals surface area (Å²) < 4.78 is 21.3. The predicted octanol–water partition coefficient (Wildman–Crippen LogP) is 4.54. The van der Waals surface area contributed by atoms with E-state index in [1.165, 1.54) is 19.2 Å². The minimum absolute atomic E-state index is 0.0967. The van der Waals surface area contributed by atoms with Crippen LogP contribution < -0.4 is 9.47 Å². The highest BCUT2D eigenvalue weighted by Crippen LogP contribution is 2.37. The van der Waals surface area contributed by atoms with Crippen molar-refractivity contribution in [3.05, 3.63) is 58.9 Å². The Hall–Kier alpha value is -3.06. The number of hydrogen-bond acceptors (Lipinski definition) is 7. The third-order valence-electron chi connectivity index (χ3n) is 3.65. The van der Waals surface area contributed by atoms with E-state index in [2.05, 4.69) is 10.1 Å². The molecule has 0 N–H and O–H groups in total. The lowest BCUT2D eigenvalue weighted by molar-refractivity contribution is 0.0429. The molecular weight excluding hydrogens is 384 g/mol. The summed E-state index contributed by atoms with van der Waals surface area (Å²) in [5.41, 5.74) is 1.03. The zero-order chi connectivity index (χ0) is 20.1. The summed E-state index contributed by atoms with van der Waals surface area (Å²) in [6, 6.07) is 12.3. The SMILES string of the molecule is COc1cc(C(=O)OCc2nc(-c3ccccc3)no2)cc(Cl)c1OC(C)C. The third kappa shape index (κ3) is 4.61. The summed E-state index contributed by atoms with van der Waals surface area (Å²) in [4.78, 5) is 16.6. The van der Waals surface area contributed by atoms with Gasteiger partial charge in [-0.1, -0.05) is 47.1 Å². The molecule has 0 amide bonds. The van der Waals surface area contributed by atoms with Gasteiger partial charge in [0.1, 0.15) is 0 Å². The Morgan fingerprint density at radius 2 is 1.96 bits per heavy atom. The first kappa shape index (κ1) is 19.7. The molecule has 0 aliphatic heterocycles. The van der Waals surface area contributed by atoms with Gasteiger partial charge in [0, 0.05) is 5.56 Å². The van der Waals surface area contributed by atoms with Crippen LogP contribution in [0.25, 0.3) is 11.4 Å². The van der Waals surface area contributed by atoms with E-state index in [0.717, 1.165) is 5.56 Å². The van der Waals surface area contributed by atoms with Crippen molar-refractivity contribution in [2.75, 3.05) is 7.11 Å². The van der Waals surface area contributed by atoms with Gasteiger partial charge in [-0.2, -0.15) is 4.98 Å². The van der Waals surface area contributed by atoms with Crippen LogP contribution >= 0.6 is 11.6 Å². The smallest absolute Gasteiger partial charge is 0.338 e. The summed E-state index contributed by atoms with van der Waals surface area (Å²) in [5.74, 6) is 0.727. The fourth-order valence-corrected chi connectivity index (χ4v) is 2.67. The molecule has 146 valence electrons. The highest BCUT2D eigenvalue weighted by Gasteiger charge is 2.19. The van der Waals surface area contributed by atoms with Crippen LogP contribution in [0, 0.1) is 0 Å². The molecule has 7 nitrogen and oxygen atoms in total.